The Balaban J connectivity index is 1.72. The zero-order valence-corrected chi connectivity index (χ0v) is 17.4. The van der Waals surface area contributed by atoms with E-state index in [-0.39, 0.29) is 11.7 Å². The normalized spacial score (nSPS) is 15.5. The Labute approximate surface area is 166 Å². The fourth-order valence-electron chi connectivity index (χ4n) is 3.72. The van der Waals surface area contributed by atoms with E-state index in [9.17, 15) is 9.18 Å². The fourth-order valence-corrected chi connectivity index (χ4v) is 3.72. The molecule has 1 saturated heterocycles. The van der Waals surface area contributed by atoms with Gasteiger partial charge in [0, 0.05) is 24.3 Å². The van der Waals surface area contributed by atoms with E-state index in [2.05, 4.69) is 38.4 Å². The number of rotatable bonds is 5. The largest absolute Gasteiger partial charge is 0.494 e. The summed E-state index contributed by atoms with van der Waals surface area (Å²) in [7, 11) is 1.40. The molecule has 0 radical (unpaired) electrons. The number of hydrogen-bond donors (Lipinski definition) is 0. The molecule has 0 N–H and O–H groups in total. The molecular weight excluding hydrogens is 357 g/mol. The maximum absolute atomic E-state index is 13.6. The van der Waals surface area contributed by atoms with Crippen molar-refractivity contribution in [1.29, 1.82) is 0 Å². The third-order valence-corrected chi connectivity index (χ3v) is 5.46. The smallest absolute Gasteiger partial charge is 0.253 e. The quantitative estimate of drug-likeness (QED) is 0.743. The Morgan fingerprint density at radius 1 is 1.14 bits per heavy atom. The Morgan fingerprint density at radius 2 is 1.82 bits per heavy atom. The summed E-state index contributed by atoms with van der Waals surface area (Å²) in [6.07, 6.45) is 1.73. The maximum Gasteiger partial charge on any atom is 0.253 e. The van der Waals surface area contributed by atoms with Crippen molar-refractivity contribution in [3.05, 3.63) is 47.0 Å². The van der Waals surface area contributed by atoms with Gasteiger partial charge in [0.1, 0.15) is 0 Å². The van der Waals surface area contributed by atoms with Crippen molar-refractivity contribution in [1.82, 2.24) is 14.7 Å². The SMILES string of the molecule is COc1cc(C(=O)N2CCC(n3nc(C(C)C)cc3C(C)C)CC2)ccc1F. The molecule has 1 aliphatic heterocycles. The van der Waals surface area contributed by atoms with Crippen molar-refractivity contribution in [2.24, 2.45) is 0 Å². The van der Waals surface area contributed by atoms with Crippen LogP contribution in [0.5, 0.6) is 5.75 Å². The lowest BCUT2D eigenvalue weighted by atomic mass is 10.0. The molecule has 3 rings (SSSR count). The first kappa shape index (κ1) is 20.4. The third kappa shape index (κ3) is 4.05. The topological polar surface area (TPSA) is 47.4 Å². The highest BCUT2D eigenvalue weighted by Crippen LogP contribution is 2.30. The van der Waals surface area contributed by atoms with E-state index in [1.54, 1.807) is 0 Å². The van der Waals surface area contributed by atoms with Gasteiger partial charge < -0.3 is 9.64 Å². The number of aromatic nitrogens is 2. The highest BCUT2D eigenvalue weighted by atomic mass is 19.1. The van der Waals surface area contributed by atoms with Gasteiger partial charge in [-0.15, -0.1) is 0 Å². The summed E-state index contributed by atoms with van der Waals surface area (Å²) in [6.45, 7) is 10.0. The summed E-state index contributed by atoms with van der Waals surface area (Å²) in [5.41, 5.74) is 2.85. The molecule has 0 bridgehead atoms. The van der Waals surface area contributed by atoms with E-state index in [1.807, 2.05) is 4.90 Å². The summed E-state index contributed by atoms with van der Waals surface area (Å²) in [4.78, 5) is 14.7. The molecule has 1 aromatic heterocycles. The monoisotopic (exact) mass is 387 g/mol. The minimum absolute atomic E-state index is 0.0795. The van der Waals surface area contributed by atoms with Crippen LogP contribution in [-0.2, 0) is 0 Å². The average Bonchev–Trinajstić information content (AvgIpc) is 3.14. The molecular formula is C22H30FN3O2. The molecule has 0 unspecified atom stereocenters. The van der Waals surface area contributed by atoms with Crippen molar-refractivity contribution in [2.45, 2.75) is 58.4 Å². The van der Waals surface area contributed by atoms with Crippen LogP contribution < -0.4 is 4.74 Å². The van der Waals surface area contributed by atoms with Gasteiger partial charge >= 0.3 is 0 Å². The zero-order chi connectivity index (χ0) is 20.4. The fraction of sp³-hybridized carbons (Fsp3) is 0.545. The summed E-state index contributed by atoms with van der Waals surface area (Å²) in [5, 5.41) is 4.87. The molecule has 0 spiro atoms. The number of carbonyl (C=O) groups excluding carboxylic acids is 1. The Kier molecular flexibility index (Phi) is 6.06. The molecule has 5 nitrogen and oxygen atoms in total. The molecule has 0 saturated carbocycles. The second-order valence-corrected chi connectivity index (χ2v) is 8.12. The molecule has 1 fully saturated rings. The zero-order valence-electron chi connectivity index (χ0n) is 17.4. The minimum Gasteiger partial charge on any atom is -0.494 e. The van der Waals surface area contributed by atoms with Crippen LogP contribution in [0.2, 0.25) is 0 Å². The predicted molar refractivity (Wildman–Crippen MR) is 108 cm³/mol. The van der Waals surface area contributed by atoms with Crippen LogP contribution in [-0.4, -0.2) is 40.8 Å². The molecule has 1 aromatic carbocycles. The van der Waals surface area contributed by atoms with Gasteiger partial charge in [-0.05, 0) is 48.9 Å². The van der Waals surface area contributed by atoms with Gasteiger partial charge in [0.2, 0.25) is 0 Å². The molecule has 1 aliphatic rings. The van der Waals surface area contributed by atoms with Gasteiger partial charge in [-0.1, -0.05) is 27.7 Å². The van der Waals surface area contributed by atoms with Crippen LogP contribution in [0.15, 0.2) is 24.3 Å². The van der Waals surface area contributed by atoms with E-state index < -0.39 is 5.82 Å². The first-order valence-corrected chi connectivity index (χ1v) is 10.0. The first-order valence-electron chi connectivity index (χ1n) is 10.0. The molecule has 152 valence electrons. The number of methoxy groups -OCH3 is 1. The van der Waals surface area contributed by atoms with Gasteiger partial charge in [0.25, 0.3) is 5.91 Å². The summed E-state index contributed by atoms with van der Waals surface area (Å²) < 4.78 is 20.8. The van der Waals surface area contributed by atoms with Gasteiger partial charge in [-0.25, -0.2) is 4.39 Å². The van der Waals surface area contributed by atoms with Crippen LogP contribution in [0.3, 0.4) is 0 Å². The van der Waals surface area contributed by atoms with E-state index in [1.165, 1.54) is 31.0 Å². The van der Waals surface area contributed by atoms with Crippen LogP contribution >= 0.6 is 0 Å². The van der Waals surface area contributed by atoms with E-state index in [0.717, 1.165) is 18.5 Å². The highest BCUT2D eigenvalue weighted by Gasteiger charge is 2.28. The van der Waals surface area contributed by atoms with Crippen LogP contribution in [0, 0.1) is 5.82 Å². The number of benzene rings is 1. The maximum atomic E-state index is 13.6. The number of piperidine rings is 1. The third-order valence-electron chi connectivity index (χ3n) is 5.46. The number of halogens is 1. The summed E-state index contributed by atoms with van der Waals surface area (Å²) in [6, 6.07) is 6.80. The number of likely N-dealkylation sites (tertiary alicyclic amines) is 1. The minimum atomic E-state index is -0.460. The first-order chi connectivity index (χ1) is 13.3. The van der Waals surface area contributed by atoms with Crippen LogP contribution in [0.25, 0.3) is 0 Å². The van der Waals surface area contributed by atoms with E-state index in [0.29, 0.717) is 36.5 Å². The average molecular weight is 387 g/mol. The second kappa shape index (κ2) is 8.33. The van der Waals surface area contributed by atoms with Crippen LogP contribution in [0.4, 0.5) is 4.39 Å². The Morgan fingerprint density at radius 3 is 2.39 bits per heavy atom. The molecule has 0 aliphatic carbocycles. The number of amides is 1. The summed E-state index contributed by atoms with van der Waals surface area (Å²) in [5.74, 6) is 0.364. The summed E-state index contributed by atoms with van der Waals surface area (Å²) >= 11 is 0. The predicted octanol–water partition coefficient (Wildman–Crippen LogP) is 4.75. The van der Waals surface area contributed by atoms with Crippen molar-refractivity contribution in [2.75, 3.05) is 20.2 Å². The Hall–Kier alpha value is -2.37. The molecule has 28 heavy (non-hydrogen) atoms. The lowest BCUT2D eigenvalue weighted by Gasteiger charge is -2.33. The number of ether oxygens (including phenoxy) is 1. The van der Waals surface area contributed by atoms with Gasteiger partial charge in [0.05, 0.1) is 18.8 Å². The standard InChI is InChI=1S/C22H30FN3O2/c1-14(2)19-13-20(15(3)4)26(24-19)17-8-10-25(11-9-17)22(27)16-6-7-18(23)21(12-16)28-5/h6-7,12-15,17H,8-11H2,1-5H3. The lowest BCUT2D eigenvalue weighted by Crippen LogP contribution is -2.39. The van der Waals surface area contributed by atoms with Gasteiger partial charge in [-0.3, -0.25) is 9.48 Å². The van der Waals surface area contributed by atoms with Crippen molar-refractivity contribution >= 4 is 5.91 Å². The van der Waals surface area contributed by atoms with Crippen molar-refractivity contribution in [3.8, 4) is 5.75 Å². The van der Waals surface area contributed by atoms with Crippen LogP contribution in [0.1, 0.15) is 80.2 Å². The van der Waals surface area contributed by atoms with Gasteiger partial charge in [0.15, 0.2) is 11.6 Å². The molecule has 1 amide bonds. The highest BCUT2D eigenvalue weighted by molar-refractivity contribution is 5.94. The van der Waals surface area contributed by atoms with E-state index >= 15 is 0 Å². The Bertz CT molecular complexity index is 836. The molecule has 2 heterocycles. The second-order valence-electron chi connectivity index (χ2n) is 8.12. The van der Waals surface area contributed by atoms with Crippen molar-refractivity contribution < 1.29 is 13.9 Å². The van der Waals surface area contributed by atoms with Crippen molar-refractivity contribution in [3.63, 3.8) is 0 Å². The lowest BCUT2D eigenvalue weighted by molar-refractivity contribution is 0.0688. The number of hydrogen-bond acceptors (Lipinski definition) is 3. The molecule has 6 heteroatoms. The molecule has 0 atom stereocenters. The number of carbonyl (C=O) groups is 1. The number of nitrogens with zero attached hydrogens (tertiary/aromatic N) is 3. The van der Waals surface area contributed by atoms with E-state index in [4.69, 9.17) is 9.84 Å². The van der Waals surface area contributed by atoms with Gasteiger partial charge in [-0.2, -0.15) is 5.10 Å². The molecule has 2 aromatic rings.